The average Bonchev–Trinajstić information content (AvgIpc) is 2.08. The maximum absolute atomic E-state index is 5.78. The summed E-state index contributed by atoms with van der Waals surface area (Å²) in [7, 11) is 0. The summed E-state index contributed by atoms with van der Waals surface area (Å²) >= 11 is 11.5. The average molecular weight is 200 g/mol. The van der Waals surface area contributed by atoms with Crippen LogP contribution in [-0.4, -0.2) is 6.61 Å². The lowest BCUT2D eigenvalue weighted by Crippen LogP contribution is -1.93. The number of rotatable bonds is 2. The molecule has 0 unspecified atom stereocenters. The molecule has 1 rings (SSSR count). The van der Waals surface area contributed by atoms with E-state index in [1.54, 1.807) is 12.1 Å². The first-order chi connectivity index (χ1) is 5.75. The smallest absolute Gasteiger partial charge is 0.148 e. The van der Waals surface area contributed by atoms with Crippen LogP contribution in [0.15, 0.2) is 12.1 Å². The molecule has 0 amide bonds. The van der Waals surface area contributed by atoms with E-state index in [4.69, 9.17) is 34.4 Å². The van der Waals surface area contributed by atoms with Gasteiger partial charge in [-0.15, -0.1) is 6.42 Å². The number of terminal acetylenes is 1. The fourth-order valence-electron chi connectivity index (χ4n) is 0.659. The largest absolute Gasteiger partial charge is 0.479 e. The summed E-state index contributed by atoms with van der Waals surface area (Å²) < 4.78 is 5.08. The summed E-state index contributed by atoms with van der Waals surface area (Å²) in [5, 5.41) is 0.775. The lowest BCUT2D eigenvalue weighted by atomic mass is 10.3. The summed E-state index contributed by atoms with van der Waals surface area (Å²) in [4.78, 5) is 0. The molecule has 1 radical (unpaired) electrons. The normalized spacial score (nSPS) is 9.08. The maximum Gasteiger partial charge on any atom is 0.148 e. The van der Waals surface area contributed by atoms with Crippen molar-refractivity contribution in [2.75, 3.05) is 6.61 Å². The highest BCUT2D eigenvalue weighted by atomic mass is 35.5. The highest BCUT2D eigenvalue weighted by Gasteiger charge is 2.03. The second-order valence-corrected chi connectivity index (χ2v) is 2.76. The zero-order chi connectivity index (χ0) is 8.97. The third kappa shape index (κ3) is 2.07. The Bertz CT molecular complexity index is 315. The molecule has 3 heteroatoms. The van der Waals surface area contributed by atoms with Gasteiger partial charge in [0.2, 0.25) is 0 Å². The van der Waals surface area contributed by atoms with E-state index in [0.717, 1.165) is 0 Å². The van der Waals surface area contributed by atoms with Crippen molar-refractivity contribution in [3.8, 4) is 18.1 Å². The Morgan fingerprint density at radius 2 is 2.25 bits per heavy atom. The minimum Gasteiger partial charge on any atom is -0.479 e. The number of hydrogen-bond acceptors (Lipinski definition) is 1. The van der Waals surface area contributed by atoms with Crippen molar-refractivity contribution < 1.29 is 4.74 Å². The van der Waals surface area contributed by atoms with Gasteiger partial charge in [0.15, 0.2) is 0 Å². The molecule has 0 aliphatic rings. The van der Waals surface area contributed by atoms with Gasteiger partial charge >= 0.3 is 0 Å². The van der Waals surface area contributed by atoms with Crippen LogP contribution in [0.1, 0.15) is 0 Å². The molecule has 1 aromatic carbocycles. The summed E-state index contributed by atoms with van der Waals surface area (Å²) in [6.07, 6.45) is 5.00. The topological polar surface area (TPSA) is 9.23 Å². The quantitative estimate of drug-likeness (QED) is 0.667. The van der Waals surface area contributed by atoms with Gasteiger partial charge in [-0.3, -0.25) is 0 Å². The van der Waals surface area contributed by atoms with Crippen molar-refractivity contribution in [3.63, 3.8) is 0 Å². The van der Waals surface area contributed by atoms with Gasteiger partial charge in [0.25, 0.3) is 0 Å². The number of ether oxygens (including phenoxy) is 1. The van der Waals surface area contributed by atoms with Gasteiger partial charge < -0.3 is 4.74 Å². The van der Waals surface area contributed by atoms with Crippen molar-refractivity contribution >= 4 is 23.2 Å². The molecule has 1 aromatic rings. The van der Waals surface area contributed by atoms with Gasteiger partial charge in [-0.1, -0.05) is 29.1 Å². The lowest BCUT2D eigenvalue weighted by molar-refractivity contribution is 0.370. The molecule has 1 nitrogen and oxygen atoms in total. The van der Waals surface area contributed by atoms with E-state index in [1.807, 2.05) is 0 Å². The van der Waals surface area contributed by atoms with Crippen LogP contribution in [0.25, 0.3) is 0 Å². The van der Waals surface area contributed by atoms with E-state index >= 15 is 0 Å². The number of hydrogen-bond donors (Lipinski definition) is 0. The van der Waals surface area contributed by atoms with E-state index < -0.39 is 0 Å². The summed E-state index contributed by atoms with van der Waals surface area (Å²) in [6, 6.07) is 5.92. The highest BCUT2D eigenvalue weighted by Crippen LogP contribution is 2.30. The second-order valence-electron chi connectivity index (χ2n) is 1.97. The second kappa shape index (κ2) is 4.25. The molecule has 0 fully saturated rings. The van der Waals surface area contributed by atoms with Crippen LogP contribution in [0.3, 0.4) is 0 Å². The summed E-state index contributed by atoms with van der Waals surface area (Å²) in [6.45, 7) is 0.175. The maximum atomic E-state index is 5.78. The van der Waals surface area contributed by atoms with E-state index in [-0.39, 0.29) is 6.61 Å². The third-order valence-corrected chi connectivity index (χ3v) is 1.95. The standard InChI is InChI=1S/C9H5Cl2O/c1-2-6-12-8-5-3-4-7(10)9(8)11/h1,4-5H,6H2. The minimum absolute atomic E-state index is 0.175. The Morgan fingerprint density at radius 3 is 2.92 bits per heavy atom. The minimum atomic E-state index is 0.175. The van der Waals surface area contributed by atoms with Crippen LogP contribution < -0.4 is 4.74 Å². The molecule has 61 valence electrons. The fraction of sp³-hybridized carbons (Fsp3) is 0.111. The van der Waals surface area contributed by atoms with Crippen molar-refractivity contribution in [1.82, 2.24) is 0 Å². The molecular weight excluding hydrogens is 195 g/mol. The zero-order valence-corrected chi connectivity index (χ0v) is 7.62. The zero-order valence-electron chi connectivity index (χ0n) is 6.10. The Labute approximate surface area is 81.2 Å². The van der Waals surface area contributed by atoms with Crippen LogP contribution in [0.2, 0.25) is 10.0 Å². The van der Waals surface area contributed by atoms with Gasteiger partial charge in [0, 0.05) is 0 Å². The van der Waals surface area contributed by atoms with E-state index in [1.165, 1.54) is 0 Å². The third-order valence-electron chi connectivity index (χ3n) is 1.16. The molecule has 0 spiro atoms. The van der Waals surface area contributed by atoms with Gasteiger partial charge in [-0.25, -0.2) is 0 Å². The molecule has 12 heavy (non-hydrogen) atoms. The van der Waals surface area contributed by atoms with Crippen molar-refractivity contribution in [1.29, 1.82) is 0 Å². The highest BCUT2D eigenvalue weighted by molar-refractivity contribution is 6.42. The Hall–Kier alpha value is -0.840. The molecule has 0 bridgehead atoms. The first-order valence-corrected chi connectivity index (χ1v) is 3.92. The van der Waals surface area contributed by atoms with Gasteiger partial charge in [-0.2, -0.15) is 0 Å². The van der Waals surface area contributed by atoms with Crippen LogP contribution in [0, 0.1) is 18.4 Å². The fourth-order valence-corrected chi connectivity index (χ4v) is 0.979. The van der Waals surface area contributed by atoms with Gasteiger partial charge in [-0.05, 0) is 18.2 Å². The van der Waals surface area contributed by atoms with Crippen LogP contribution in [-0.2, 0) is 0 Å². The monoisotopic (exact) mass is 199 g/mol. The van der Waals surface area contributed by atoms with Crippen LogP contribution >= 0.6 is 23.2 Å². The molecule has 0 saturated heterocycles. The van der Waals surface area contributed by atoms with E-state index in [2.05, 4.69) is 12.0 Å². The van der Waals surface area contributed by atoms with Crippen LogP contribution in [0.5, 0.6) is 5.75 Å². The molecule has 0 aliphatic heterocycles. The predicted octanol–water partition coefficient (Wildman–Crippen LogP) is 2.81. The first kappa shape index (κ1) is 9.25. The molecule has 0 aromatic heterocycles. The predicted molar refractivity (Wildman–Crippen MR) is 49.6 cm³/mol. The molecule has 0 N–H and O–H groups in total. The molecule has 0 aliphatic carbocycles. The van der Waals surface area contributed by atoms with Gasteiger partial charge in [0.1, 0.15) is 17.4 Å². The molecule has 0 heterocycles. The Kier molecular flexibility index (Phi) is 3.28. The van der Waals surface area contributed by atoms with Crippen molar-refractivity contribution in [3.05, 3.63) is 28.2 Å². The van der Waals surface area contributed by atoms with E-state index in [9.17, 15) is 0 Å². The Balaban J connectivity index is 2.86. The molecular formula is C9H5Cl2O. The number of benzene rings is 1. The molecule has 0 atom stereocenters. The summed E-state index contributed by atoms with van der Waals surface area (Å²) in [5.41, 5.74) is 0. The lowest BCUT2D eigenvalue weighted by Gasteiger charge is -2.04. The van der Waals surface area contributed by atoms with Crippen LogP contribution in [0.4, 0.5) is 0 Å². The Morgan fingerprint density at radius 1 is 1.50 bits per heavy atom. The van der Waals surface area contributed by atoms with E-state index in [0.29, 0.717) is 15.8 Å². The van der Waals surface area contributed by atoms with Crippen molar-refractivity contribution in [2.45, 2.75) is 0 Å². The van der Waals surface area contributed by atoms with Crippen molar-refractivity contribution in [2.24, 2.45) is 0 Å². The first-order valence-electron chi connectivity index (χ1n) is 3.17. The SMILES string of the molecule is C#CCOc1c[c]cc(Cl)c1Cl. The summed E-state index contributed by atoms with van der Waals surface area (Å²) in [5.74, 6) is 2.79. The molecule has 0 saturated carbocycles. The number of halogens is 2. The van der Waals surface area contributed by atoms with Gasteiger partial charge in [0.05, 0.1) is 5.02 Å².